The Morgan fingerprint density at radius 2 is 2.25 bits per heavy atom. The average molecular weight is 174 g/mol. The average Bonchev–Trinajstić information content (AvgIpc) is 2.47. The molecule has 0 aliphatic rings. The molecule has 1 aromatic heterocycles. The van der Waals surface area contributed by atoms with Crippen LogP contribution in [0, 0.1) is 11.3 Å². The van der Waals surface area contributed by atoms with Crippen LogP contribution in [0.5, 0.6) is 0 Å². The molecule has 3 heteroatoms. The van der Waals surface area contributed by atoms with E-state index < -0.39 is 0 Å². The highest BCUT2D eigenvalue weighted by Gasteiger charge is 1.99. The number of H-pyrrole nitrogens is 1. The Bertz CT molecular complexity index is 465. The van der Waals surface area contributed by atoms with Gasteiger partial charge in [-0.1, -0.05) is 6.07 Å². The second kappa shape index (κ2) is 2.58. The molecule has 0 atom stereocenters. The molecule has 2 nitrogen and oxygen atoms in total. The predicted octanol–water partition coefficient (Wildman–Crippen LogP) is 2.33. The quantitative estimate of drug-likeness (QED) is 0.591. The minimum absolute atomic E-state index is 0.665. The first-order valence-electron chi connectivity index (χ1n) is 3.51. The molecular weight excluding hydrogens is 168 g/mol. The largest absolute Gasteiger partial charge is 0.360 e. The van der Waals surface area contributed by atoms with Crippen LogP contribution in [0.3, 0.4) is 0 Å². The van der Waals surface area contributed by atoms with Crippen LogP contribution in [0.15, 0.2) is 29.3 Å². The summed E-state index contributed by atoms with van der Waals surface area (Å²) in [5.74, 6) is 0. The zero-order chi connectivity index (χ0) is 8.55. The van der Waals surface area contributed by atoms with Gasteiger partial charge in [0.2, 0.25) is 0 Å². The third-order valence-corrected chi connectivity index (χ3v) is 2.16. The van der Waals surface area contributed by atoms with Crippen molar-refractivity contribution in [3.05, 3.63) is 30.0 Å². The molecule has 0 radical (unpaired) electrons. The number of benzene rings is 1. The summed E-state index contributed by atoms with van der Waals surface area (Å²) in [6.07, 6.45) is 1.81. The summed E-state index contributed by atoms with van der Waals surface area (Å²) in [4.78, 5) is 3.95. The number of nitrogens with zero attached hydrogens (tertiary/aromatic N) is 1. The Balaban J connectivity index is 2.80. The van der Waals surface area contributed by atoms with Gasteiger partial charge in [-0.25, -0.2) is 0 Å². The van der Waals surface area contributed by atoms with Crippen LogP contribution in [0.4, 0.5) is 0 Å². The van der Waals surface area contributed by atoms with Gasteiger partial charge in [0.1, 0.15) is 0 Å². The number of hydrogen-bond acceptors (Lipinski definition) is 2. The first kappa shape index (κ1) is 7.26. The summed E-state index contributed by atoms with van der Waals surface area (Å²) in [5, 5.41) is 9.67. The van der Waals surface area contributed by atoms with E-state index in [1.54, 1.807) is 6.07 Å². The number of hydrogen-bond donors (Lipinski definition) is 2. The molecule has 0 fully saturated rings. The second-order valence-electron chi connectivity index (χ2n) is 2.55. The van der Waals surface area contributed by atoms with Crippen molar-refractivity contribution < 1.29 is 0 Å². The highest BCUT2D eigenvalue weighted by atomic mass is 32.1. The monoisotopic (exact) mass is 174 g/mol. The summed E-state index contributed by atoms with van der Waals surface area (Å²) < 4.78 is 0. The molecule has 0 bridgehead atoms. The van der Waals surface area contributed by atoms with Crippen LogP contribution in [0.1, 0.15) is 5.56 Å². The maximum Gasteiger partial charge on any atom is 0.0992 e. The van der Waals surface area contributed by atoms with Crippen LogP contribution in [-0.4, -0.2) is 4.98 Å². The van der Waals surface area contributed by atoms with Gasteiger partial charge in [0.15, 0.2) is 0 Å². The van der Waals surface area contributed by atoms with E-state index >= 15 is 0 Å². The van der Waals surface area contributed by atoms with E-state index in [0.717, 1.165) is 15.8 Å². The Labute approximate surface area is 75.2 Å². The molecule has 12 heavy (non-hydrogen) atoms. The lowest BCUT2D eigenvalue weighted by Crippen LogP contribution is -1.73. The molecule has 1 heterocycles. The van der Waals surface area contributed by atoms with E-state index in [-0.39, 0.29) is 0 Å². The zero-order valence-electron chi connectivity index (χ0n) is 6.20. The van der Waals surface area contributed by atoms with E-state index in [9.17, 15) is 0 Å². The van der Waals surface area contributed by atoms with Gasteiger partial charge >= 0.3 is 0 Å². The van der Waals surface area contributed by atoms with Crippen molar-refractivity contribution in [2.75, 3.05) is 0 Å². The molecule has 0 spiro atoms. The molecule has 0 amide bonds. The number of nitrogens with one attached hydrogen (secondary N) is 1. The van der Waals surface area contributed by atoms with Crippen molar-refractivity contribution in [3.63, 3.8) is 0 Å². The Kier molecular flexibility index (Phi) is 1.56. The van der Waals surface area contributed by atoms with Gasteiger partial charge in [-0.3, -0.25) is 0 Å². The normalized spacial score (nSPS) is 10.0. The first-order chi connectivity index (χ1) is 5.81. The van der Waals surface area contributed by atoms with Crippen molar-refractivity contribution in [2.24, 2.45) is 0 Å². The van der Waals surface area contributed by atoms with Gasteiger partial charge in [-0.05, 0) is 12.1 Å². The van der Waals surface area contributed by atoms with E-state index in [1.807, 2.05) is 18.3 Å². The summed E-state index contributed by atoms with van der Waals surface area (Å²) in [7, 11) is 0. The van der Waals surface area contributed by atoms with E-state index in [4.69, 9.17) is 5.26 Å². The number of nitriles is 1. The lowest BCUT2D eigenvalue weighted by atomic mass is 10.2. The maximum absolute atomic E-state index is 8.62. The second-order valence-corrected chi connectivity index (χ2v) is 3.03. The van der Waals surface area contributed by atoms with Gasteiger partial charge in [-0.2, -0.15) is 5.26 Å². The summed E-state index contributed by atoms with van der Waals surface area (Å²) in [6, 6.07) is 7.58. The van der Waals surface area contributed by atoms with Gasteiger partial charge in [0.05, 0.1) is 11.6 Å². The topological polar surface area (TPSA) is 39.6 Å². The highest BCUT2D eigenvalue weighted by Crippen LogP contribution is 2.21. The van der Waals surface area contributed by atoms with Crippen molar-refractivity contribution in [3.8, 4) is 6.07 Å². The highest BCUT2D eigenvalue weighted by molar-refractivity contribution is 7.80. The van der Waals surface area contributed by atoms with Crippen LogP contribution < -0.4 is 0 Å². The number of aromatic amines is 1. The van der Waals surface area contributed by atoms with E-state index in [0.29, 0.717) is 5.56 Å². The minimum Gasteiger partial charge on any atom is -0.360 e. The molecule has 1 aromatic carbocycles. The molecule has 0 unspecified atom stereocenters. The van der Waals surface area contributed by atoms with Crippen LogP contribution in [0.2, 0.25) is 0 Å². The van der Waals surface area contributed by atoms with E-state index in [2.05, 4.69) is 23.7 Å². The fraction of sp³-hybridized carbons (Fsp3) is 0. The van der Waals surface area contributed by atoms with Gasteiger partial charge in [0.25, 0.3) is 0 Å². The van der Waals surface area contributed by atoms with Crippen molar-refractivity contribution in [1.29, 1.82) is 5.26 Å². The molecule has 0 saturated heterocycles. The fourth-order valence-electron chi connectivity index (χ4n) is 1.18. The molecule has 2 rings (SSSR count). The summed E-state index contributed by atoms with van der Waals surface area (Å²) >= 11 is 4.25. The molecule has 58 valence electrons. The van der Waals surface area contributed by atoms with Crippen LogP contribution in [0.25, 0.3) is 10.9 Å². The first-order valence-corrected chi connectivity index (χ1v) is 3.96. The standard InChI is InChI=1S/C9H6N2S/c10-4-6-1-2-7-8(3-6)11-5-9(7)12/h1-3,5,11-12H. The Hall–Kier alpha value is -1.40. The zero-order valence-corrected chi connectivity index (χ0v) is 7.10. The number of fused-ring (bicyclic) bond motifs is 1. The summed E-state index contributed by atoms with van der Waals surface area (Å²) in [5.41, 5.74) is 1.62. The van der Waals surface area contributed by atoms with Crippen molar-refractivity contribution >= 4 is 23.5 Å². The number of rotatable bonds is 0. The fourth-order valence-corrected chi connectivity index (χ4v) is 1.44. The lowest BCUT2D eigenvalue weighted by molar-refractivity contribution is 1.42. The molecule has 0 saturated carbocycles. The number of aromatic nitrogens is 1. The predicted molar refractivity (Wildman–Crippen MR) is 50.3 cm³/mol. The summed E-state index contributed by atoms with van der Waals surface area (Å²) in [6.45, 7) is 0. The van der Waals surface area contributed by atoms with Crippen molar-refractivity contribution in [1.82, 2.24) is 4.98 Å². The molecule has 0 aliphatic heterocycles. The molecular formula is C9H6N2S. The minimum atomic E-state index is 0.665. The van der Waals surface area contributed by atoms with Crippen LogP contribution in [-0.2, 0) is 0 Å². The van der Waals surface area contributed by atoms with Crippen LogP contribution >= 0.6 is 12.6 Å². The number of thiol groups is 1. The Morgan fingerprint density at radius 1 is 1.42 bits per heavy atom. The third kappa shape index (κ3) is 0.973. The molecule has 1 N–H and O–H groups in total. The molecule has 0 aliphatic carbocycles. The van der Waals surface area contributed by atoms with Gasteiger partial charge in [0, 0.05) is 22.0 Å². The van der Waals surface area contributed by atoms with Gasteiger partial charge in [-0.15, -0.1) is 12.6 Å². The SMILES string of the molecule is N#Cc1ccc2c(S)c[nH]c2c1. The smallest absolute Gasteiger partial charge is 0.0992 e. The maximum atomic E-state index is 8.62. The molecule has 2 aromatic rings. The van der Waals surface area contributed by atoms with Crippen molar-refractivity contribution in [2.45, 2.75) is 4.90 Å². The lowest BCUT2D eigenvalue weighted by Gasteiger charge is -1.90. The van der Waals surface area contributed by atoms with E-state index in [1.165, 1.54) is 0 Å². The Morgan fingerprint density at radius 3 is 3.00 bits per heavy atom. The third-order valence-electron chi connectivity index (χ3n) is 1.79. The van der Waals surface area contributed by atoms with Gasteiger partial charge < -0.3 is 4.98 Å².